The lowest BCUT2D eigenvalue weighted by Gasteiger charge is -2.26. The van der Waals surface area contributed by atoms with Gasteiger partial charge in [-0.1, -0.05) is 170 Å². The zero-order valence-electron chi connectivity index (χ0n) is 27.4. The Morgan fingerprint density at radius 3 is 1.70 bits per heavy atom. The number of hydrogen-bond acceptors (Lipinski definition) is 3. The Labute approximate surface area is 292 Å². The first-order valence-electron chi connectivity index (χ1n) is 17.0. The average Bonchev–Trinajstić information content (AvgIpc) is 3.21. The molecule has 0 spiro atoms. The summed E-state index contributed by atoms with van der Waals surface area (Å²) in [6.45, 7) is 0. The van der Waals surface area contributed by atoms with E-state index in [0.29, 0.717) is 0 Å². The monoisotopic (exact) mass is 639 g/mol. The smallest absolute Gasteiger partial charge is 0.136 e. The maximum atomic E-state index is 5.46. The van der Waals surface area contributed by atoms with Gasteiger partial charge >= 0.3 is 0 Å². The molecule has 1 aliphatic heterocycles. The van der Waals surface area contributed by atoms with Crippen molar-refractivity contribution in [3.8, 4) is 33.5 Å². The third-order valence-corrected chi connectivity index (χ3v) is 9.51. The van der Waals surface area contributed by atoms with Gasteiger partial charge in [-0.25, -0.2) is 9.98 Å². The van der Waals surface area contributed by atoms with Gasteiger partial charge in [0.25, 0.3) is 0 Å². The van der Waals surface area contributed by atoms with Crippen LogP contribution < -0.4 is 5.32 Å². The molecule has 1 atom stereocenters. The summed E-state index contributed by atoms with van der Waals surface area (Å²) in [7, 11) is 0. The molecule has 0 amide bonds. The van der Waals surface area contributed by atoms with Crippen molar-refractivity contribution in [2.45, 2.75) is 6.04 Å². The first-order valence-corrected chi connectivity index (χ1v) is 17.0. The summed E-state index contributed by atoms with van der Waals surface area (Å²) in [5, 5.41) is 7.28. The fourth-order valence-corrected chi connectivity index (χ4v) is 7.01. The third-order valence-electron chi connectivity index (χ3n) is 9.51. The van der Waals surface area contributed by atoms with Crippen LogP contribution in [0.3, 0.4) is 0 Å². The number of pyridine rings is 1. The highest BCUT2D eigenvalue weighted by Gasteiger charge is 2.24. The quantitative estimate of drug-likeness (QED) is 0.184. The number of benzene rings is 7. The molecule has 7 aromatic carbocycles. The molecular weight excluding hydrogens is 607 g/mol. The summed E-state index contributed by atoms with van der Waals surface area (Å²) in [4.78, 5) is 10.8. The van der Waals surface area contributed by atoms with E-state index in [1.807, 2.05) is 12.1 Å². The van der Waals surface area contributed by atoms with Crippen molar-refractivity contribution in [3.05, 3.63) is 205 Å². The van der Waals surface area contributed by atoms with Gasteiger partial charge in [0.05, 0.1) is 22.9 Å². The van der Waals surface area contributed by atoms with E-state index in [1.165, 1.54) is 22.1 Å². The third kappa shape index (κ3) is 5.55. The Morgan fingerprint density at radius 2 is 1.02 bits per heavy atom. The van der Waals surface area contributed by atoms with Gasteiger partial charge in [-0.3, -0.25) is 0 Å². The molecule has 8 aromatic rings. The lowest BCUT2D eigenvalue weighted by molar-refractivity contribution is 0.781. The van der Waals surface area contributed by atoms with Crippen LogP contribution in [0.15, 0.2) is 193 Å². The molecule has 236 valence electrons. The van der Waals surface area contributed by atoms with Gasteiger partial charge < -0.3 is 5.32 Å². The van der Waals surface area contributed by atoms with Crippen LogP contribution in [-0.2, 0) is 0 Å². The number of nitrogens with zero attached hydrogens (tertiary/aromatic N) is 2. The molecule has 0 fully saturated rings. The molecule has 3 nitrogen and oxygen atoms in total. The van der Waals surface area contributed by atoms with E-state index in [-0.39, 0.29) is 6.04 Å². The standard InChI is InChI=1S/C47H33N3/c1-5-15-32(16-6-1)33-25-27-37(28-26-33)44-31-43(36-21-11-4-12-22-36)49-47(50-44)41-29-38-23-13-14-24-39(38)45-40(34-17-7-2-8-18-34)30-42(48-46(41)45)35-19-9-3-10-20-35/h1-31,44H,(H,49,50). The number of hydrogen-bond donors (Lipinski definition) is 1. The van der Waals surface area contributed by atoms with E-state index in [4.69, 9.17) is 9.98 Å². The highest BCUT2D eigenvalue weighted by Crippen LogP contribution is 2.39. The Hall–Kier alpha value is -6.58. The van der Waals surface area contributed by atoms with Gasteiger partial charge in [-0.2, -0.15) is 0 Å². The molecule has 1 aliphatic rings. The predicted octanol–water partition coefficient (Wildman–Crippen LogP) is 11.5. The molecule has 50 heavy (non-hydrogen) atoms. The van der Waals surface area contributed by atoms with Crippen LogP contribution in [0.4, 0.5) is 0 Å². The number of nitrogens with one attached hydrogen (secondary N) is 1. The fraction of sp³-hybridized carbons (Fsp3) is 0.0213. The molecule has 0 bridgehead atoms. The highest BCUT2D eigenvalue weighted by molar-refractivity contribution is 6.22. The van der Waals surface area contributed by atoms with Crippen molar-refractivity contribution < 1.29 is 0 Å². The van der Waals surface area contributed by atoms with E-state index < -0.39 is 0 Å². The summed E-state index contributed by atoms with van der Waals surface area (Å²) < 4.78 is 0. The number of rotatable bonds is 6. The van der Waals surface area contributed by atoms with Crippen molar-refractivity contribution in [1.82, 2.24) is 10.3 Å². The topological polar surface area (TPSA) is 37.3 Å². The molecule has 2 heterocycles. The highest BCUT2D eigenvalue weighted by atomic mass is 15.1. The molecule has 1 aromatic heterocycles. The SMILES string of the molecule is C1=C(c2ccccc2)N=C(c2cc3ccccc3c3c(-c4ccccc4)cc(-c4ccccc4)nc23)NC1c1ccc(-c2ccccc2)cc1. The van der Waals surface area contributed by atoms with Crippen molar-refractivity contribution in [3.63, 3.8) is 0 Å². The molecule has 0 aliphatic carbocycles. The van der Waals surface area contributed by atoms with Crippen LogP contribution in [0, 0.1) is 0 Å². The maximum Gasteiger partial charge on any atom is 0.136 e. The number of fused-ring (bicyclic) bond motifs is 3. The summed E-state index contributed by atoms with van der Waals surface area (Å²) in [5.41, 5.74) is 11.8. The van der Waals surface area contributed by atoms with Crippen LogP contribution in [0.25, 0.3) is 60.9 Å². The fourth-order valence-electron chi connectivity index (χ4n) is 7.01. The van der Waals surface area contributed by atoms with Crippen molar-refractivity contribution in [1.29, 1.82) is 0 Å². The number of aromatic nitrogens is 1. The van der Waals surface area contributed by atoms with Crippen LogP contribution in [0.1, 0.15) is 22.7 Å². The van der Waals surface area contributed by atoms with E-state index in [9.17, 15) is 0 Å². The first-order chi connectivity index (χ1) is 24.8. The maximum absolute atomic E-state index is 5.46. The number of aliphatic imine (C=N–C) groups is 1. The lowest BCUT2D eigenvalue weighted by Crippen LogP contribution is -2.31. The van der Waals surface area contributed by atoms with Gasteiger partial charge in [0.15, 0.2) is 0 Å². The lowest BCUT2D eigenvalue weighted by atomic mass is 9.91. The second-order valence-corrected chi connectivity index (χ2v) is 12.6. The normalized spacial score (nSPS) is 14.2. The predicted molar refractivity (Wildman–Crippen MR) is 209 cm³/mol. The Kier molecular flexibility index (Phi) is 7.56. The minimum absolute atomic E-state index is 0.102. The van der Waals surface area contributed by atoms with Gasteiger partial charge in [-0.05, 0) is 62.4 Å². The molecular formula is C47H33N3. The van der Waals surface area contributed by atoms with Crippen LogP contribution in [-0.4, -0.2) is 10.8 Å². The minimum Gasteiger partial charge on any atom is -0.359 e. The van der Waals surface area contributed by atoms with E-state index >= 15 is 0 Å². The first kappa shape index (κ1) is 29.6. The molecule has 1 N–H and O–H groups in total. The van der Waals surface area contributed by atoms with E-state index in [1.54, 1.807) is 0 Å². The van der Waals surface area contributed by atoms with Crippen LogP contribution >= 0.6 is 0 Å². The van der Waals surface area contributed by atoms with Crippen molar-refractivity contribution >= 4 is 33.2 Å². The molecule has 0 saturated heterocycles. The summed E-state index contributed by atoms with van der Waals surface area (Å²) in [6.07, 6.45) is 2.23. The zero-order valence-corrected chi connectivity index (χ0v) is 27.4. The summed E-state index contributed by atoms with van der Waals surface area (Å²) >= 11 is 0. The van der Waals surface area contributed by atoms with E-state index in [0.717, 1.165) is 61.3 Å². The molecule has 0 radical (unpaired) electrons. The average molecular weight is 640 g/mol. The van der Waals surface area contributed by atoms with Crippen molar-refractivity contribution in [2.24, 2.45) is 4.99 Å². The molecule has 9 rings (SSSR count). The van der Waals surface area contributed by atoms with Crippen molar-refractivity contribution in [2.75, 3.05) is 0 Å². The second-order valence-electron chi connectivity index (χ2n) is 12.6. The van der Waals surface area contributed by atoms with Gasteiger partial charge in [0, 0.05) is 16.5 Å². The van der Waals surface area contributed by atoms with Gasteiger partial charge in [0.1, 0.15) is 5.84 Å². The van der Waals surface area contributed by atoms with Gasteiger partial charge in [0.2, 0.25) is 0 Å². The van der Waals surface area contributed by atoms with Gasteiger partial charge in [-0.15, -0.1) is 0 Å². The summed E-state index contributed by atoms with van der Waals surface area (Å²) in [5.74, 6) is 0.802. The Morgan fingerprint density at radius 1 is 0.460 bits per heavy atom. The molecule has 0 saturated carbocycles. The number of amidine groups is 1. The van der Waals surface area contributed by atoms with E-state index in [2.05, 4.69) is 181 Å². The molecule has 3 heteroatoms. The van der Waals surface area contributed by atoms with Crippen LogP contribution in [0.2, 0.25) is 0 Å². The largest absolute Gasteiger partial charge is 0.359 e. The second kappa shape index (κ2) is 12.8. The summed E-state index contributed by atoms with van der Waals surface area (Å²) in [6, 6.07) is 63.9. The minimum atomic E-state index is -0.102. The Bertz CT molecular complexity index is 2520. The Balaban J connectivity index is 1.27. The zero-order chi connectivity index (χ0) is 33.3. The molecule has 1 unspecified atom stereocenters. The van der Waals surface area contributed by atoms with Crippen LogP contribution in [0.5, 0.6) is 0 Å².